The van der Waals surface area contributed by atoms with Gasteiger partial charge in [0.1, 0.15) is 5.75 Å². The Hall–Kier alpha value is -1.07. The molecule has 0 bridgehead atoms. The molecule has 1 atom stereocenters. The van der Waals surface area contributed by atoms with Crippen molar-refractivity contribution in [2.45, 2.75) is 26.0 Å². The van der Waals surface area contributed by atoms with Crippen LogP contribution in [0.2, 0.25) is 5.02 Å². The molecule has 0 aliphatic carbocycles. The van der Waals surface area contributed by atoms with Crippen molar-refractivity contribution in [3.05, 3.63) is 63.1 Å². The zero-order valence-electron chi connectivity index (χ0n) is 11.9. The average Bonchev–Trinajstić information content (AvgIpc) is 2.44. The number of rotatable bonds is 5. The fourth-order valence-electron chi connectivity index (χ4n) is 2.14. The molecule has 112 valence electrons. The number of benzene rings is 2. The van der Waals surface area contributed by atoms with Crippen molar-refractivity contribution < 1.29 is 4.74 Å². The maximum absolute atomic E-state index is 6.05. The average molecular weight is 370 g/mol. The zero-order valence-corrected chi connectivity index (χ0v) is 14.3. The Morgan fingerprint density at radius 2 is 1.90 bits per heavy atom. The van der Waals surface area contributed by atoms with E-state index in [-0.39, 0.29) is 12.1 Å². The van der Waals surface area contributed by atoms with E-state index in [1.165, 1.54) is 0 Å². The number of hydrogen-bond acceptors (Lipinski definition) is 3. The van der Waals surface area contributed by atoms with Gasteiger partial charge in [-0.25, -0.2) is 5.43 Å². The molecule has 0 aromatic heterocycles. The van der Waals surface area contributed by atoms with E-state index in [1.807, 2.05) is 56.3 Å². The third kappa shape index (κ3) is 3.98. The van der Waals surface area contributed by atoms with Crippen molar-refractivity contribution in [2.24, 2.45) is 5.84 Å². The Kier molecular flexibility index (Phi) is 5.65. The second-order valence-corrected chi connectivity index (χ2v) is 6.24. The second-order valence-electron chi connectivity index (χ2n) is 4.98. The fraction of sp³-hybridized carbons (Fsp3) is 0.250. The number of halogens is 2. The van der Waals surface area contributed by atoms with Crippen LogP contribution >= 0.6 is 27.5 Å². The van der Waals surface area contributed by atoms with Gasteiger partial charge in [0.05, 0.1) is 17.2 Å². The molecule has 3 nitrogen and oxygen atoms in total. The van der Waals surface area contributed by atoms with Crippen LogP contribution in [-0.2, 0) is 0 Å². The van der Waals surface area contributed by atoms with Crippen LogP contribution < -0.4 is 16.0 Å². The van der Waals surface area contributed by atoms with Crippen LogP contribution in [-0.4, -0.2) is 6.10 Å². The summed E-state index contributed by atoms with van der Waals surface area (Å²) in [6.07, 6.45) is 0.0986. The van der Waals surface area contributed by atoms with Crippen molar-refractivity contribution in [3.63, 3.8) is 0 Å². The molecule has 0 aliphatic heterocycles. The maximum Gasteiger partial charge on any atom is 0.124 e. The number of nitrogens with one attached hydrogen (secondary N) is 1. The quantitative estimate of drug-likeness (QED) is 0.605. The minimum Gasteiger partial charge on any atom is -0.491 e. The van der Waals surface area contributed by atoms with Gasteiger partial charge in [-0.1, -0.05) is 35.9 Å². The van der Waals surface area contributed by atoms with E-state index in [9.17, 15) is 0 Å². The van der Waals surface area contributed by atoms with E-state index in [0.717, 1.165) is 21.3 Å². The van der Waals surface area contributed by atoms with Gasteiger partial charge in [0, 0.05) is 10.0 Å². The summed E-state index contributed by atoms with van der Waals surface area (Å²) in [5, 5.41) is 0.668. The topological polar surface area (TPSA) is 47.3 Å². The highest BCUT2D eigenvalue weighted by Crippen LogP contribution is 2.33. The predicted octanol–water partition coefficient (Wildman–Crippen LogP) is 4.44. The molecule has 1 unspecified atom stereocenters. The lowest BCUT2D eigenvalue weighted by molar-refractivity contribution is 0.238. The first kappa shape index (κ1) is 16.3. The lowest BCUT2D eigenvalue weighted by Gasteiger charge is -2.22. The molecule has 0 spiro atoms. The largest absolute Gasteiger partial charge is 0.491 e. The SMILES string of the molecule is CC(C)Oc1ccccc1C(NN)c1ccc(Cl)c(Br)c1. The zero-order chi connectivity index (χ0) is 15.4. The standard InChI is InChI=1S/C16H18BrClN2O/c1-10(2)21-15-6-4-3-5-12(15)16(20-19)11-7-8-14(18)13(17)9-11/h3-10,16,20H,19H2,1-2H3. The van der Waals surface area contributed by atoms with Gasteiger partial charge in [-0.3, -0.25) is 5.84 Å². The van der Waals surface area contributed by atoms with Gasteiger partial charge in [-0.15, -0.1) is 0 Å². The fourth-order valence-corrected chi connectivity index (χ4v) is 2.65. The molecule has 2 rings (SSSR count). The molecule has 0 heterocycles. The summed E-state index contributed by atoms with van der Waals surface area (Å²) in [5.74, 6) is 6.59. The Bertz CT molecular complexity index is 619. The lowest BCUT2D eigenvalue weighted by atomic mass is 9.98. The first-order valence-corrected chi connectivity index (χ1v) is 7.86. The molecule has 3 N–H and O–H groups in total. The third-order valence-corrected chi connectivity index (χ3v) is 4.25. The van der Waals surface area contributed by atoms with Crippen molar-refractivity contribution in [1.29, 1.82) is 0 Å². The van der Waals surface area contributed by atoms with Crippen LogP contribution in [0, 0.1) is 0 Å². The van der Waals surface area contributed by atoms with Gasteiger partial charge in [0.2, 0.25) is 0 Å². The van der Waals surface area contributed by atoms with Crippen LogP contribution in [0.15, 0.2) is 46.9 Å². The summed E-state index contributed by atoms with van der Waals surface area (Å²) in [7, 11) is 0. The summed E-state index contributed by atoms with van der Waals surface area (Å²) in [4.78, 5) is 0. The van der Waals surface area contributed by atoms with Crippen LogP contribution in [0.4, 0.5) is 0 Å². The van der Waals surface area contributed by atoms with Crippen molar-refractivity contribution >= 4 is 27.5 Å². The molecular formula is C16H18BrClN2O. The smallest absolute Gasteiger partial charge is 0.124 e. The van der Waals surface area contributed by atoms with Gasteiger partial charge in [0.25, 0.3) is 0 Å². The molecule has 21 heavy (non-hydrogen) atoms. The number of hydrogen-bond donors (Lipinski definition) is 2. The van der Waals surface area contributed by atoms with E-state index in [1.54, 1.807) is 0 Å². The van der Waals surface area contributed by atoms with Crippen molar-refractivity contribution in [1.82, 2.24) is 5.43 Å². The molecule has 5 heteroatoms. The first-order valence-electron chi connectivity index (χ1n) is 6.69. The third-order valence-electron chi connectivity index (χ3n) is 3.04. The van der Waals surface area contributed by atoms with E-state index in [2.05, 4.69) is 21.4 Å². The van der Waals surface area contributed by atoms with E-state index < -0.39 is 0 Å². The van der Waals surface area contributed by atoms with Gasteiger partial charge in [-0.05, 0) is 53.5 Å². The van der Waals surface area contributed by atoms with Crippen molar-refractivity contribution in [3.8, 4) is 5.75 Å². The first-order chi connectivity index (χ1) is 10.0. The normalized spacial score (nSPS) is 12.5. The number of hydrazine groups is 1. The molecular weight excluding hydrogens is 352 g/mol. The Morgan fingerprint density at radius 1 is 1.19 bits per heavy atom. The maximum atomic E-state index is 6.05. The summed E-state index contributed by atoms with van der Waals surface area (Å²) >= 11 is 9.49. The van der Waals surface area contributed by atoms with E-state index >= 15 is 0 Å². The number of para-hydroxylation sites is 1. The number of nitrogens with two attached hydrogens (primary N) is 1. The van der Waals surface area contributed by atoms with Crippen LogP contribution in [0.5, 0.6) is 5.75 Å². The monoisotopic (exact) mass is 368 g/mol. The van der Waals surface area contributed by atoms with Crippen LogP contribution in [0.3, 0.4) is 0 Å². The van der Waals surface area contributed by atoms with Gasteiger partial charge in [0.15, 0.2) is 0 Å². The summed E-state index contributed by atoms with van der Waals surface area (Å²) in [6.45, 7) is 4.00. The highest BCUT2D eigenvalue weighted by atomic mass is 79.9. The van der Waals surface area contributed by atoms with Crippen molar-refractivity contribution in [2.75, 3.05) is 0 Å². The summed E-state index contributed by atoms with van der Waals surface area (Å²) < 4.78 is 6.71. The highest BCUT2D eigenvalue weighted by Gasteiger charge is 2.18. The number of ether oxygens (including phenoxy) is 1. The van der Waals surface area contributed by atoms with E-state index in [4.69, 9.17) is 22.2 Å². The Morgan fingerprint density at radius 3 is 2.52 bits per heavy atom. The van der Waals surface area contributed by atoms with E-state index in [0.29, 0.717) is 5.02 Å². The molecule has 0 radical (unpaired) electrons. The minimum absolute atomic E-state index is 0.0986. The lowest BCUT2D eigenvalue weighted by Crippen LogP contribution is -2.29. The molecule has 0 saturated heterocycles. The van der Waals surface area contributed by atoms with Gasteiger partial charge < -0.3 is 4.74 Å². The van der Waals surface area contributed by atoms with Crippen LogP contribution in [0.25, 0.3) is 0 Å². The molecule has 2 aromatic rings. The summed E-state index contributed by atoms with van der Waals surface area (Å²) in [6, 6.07) is 13.5. The van der Waals surface area contributed by atoms with Gasteiger partial charge in [-0.2, -0.15) is 0 Å². The minimum atomic E-state index is -0.173. The second kappa shape index (κ2) is 7.27. The summed E-state index contributed by atoms with van der Waals surface area (Å²) in [5.41, 5.74) is 4.85. The van der Waals surface area contributed by atoms with Gasteiger partial charge >= 0.3 is 0 Å². The molecule has 0 saturated carbocycles. The molecule has 0 fully saturated rings. The predicted molar refractivity (Wildman–Crippen MR) is 90.5 cm³/mol. The highest BCUT2D eigenvalue weighted by molar-refractivity contribution is 9.10. The molecule has 0 aliphatic rings. The Labute approximate surface area is 138 Å². The molecule has 0 amide bonds. The Balaban J connectivity index is 2.43. The van der Waals surface area contributed by atoms with Crippen LogP contribution in [0.1, 0.15) is 31.0 Å². The molecule has 2 aromatic carbocycles.